The molecule has 1 aromatic carbocycles. The van der Waals surface area contributed by atoms with E-state index >= 15 is 0 Å². The Morgan fingerprint density at radius 3 is 3.05 bits per heavy atom. The maximum atomic E-state index is 5.74. The highest BCUT2D eigenvalue weighted by atomic mass is 16.5. The zero-order valence-electron chi connectivity index (χ0n) is 12.1. The zero-order valence-corrected chi connectivity index (χ0v) is 12.1. The molecule has 0 bridgehead atoms. The Labute approximate surface area is 121 Å². The molecule has 0 fully saturated rings. The van der Waals surface area contributed by atoms with Crippen molar-refractivity contribution >= 4 is 0 Å². The molecule has 0 radical (unpaired) electrons. The lowest BCUT2D eigenvalue weighted by Gasteiger charge is -2.29. The molecule has 20 heavy (non-hydrogen) atoms. The molecule has 3 nitrogen and oxygen atoms in total. The van der Waals surface area contributed by atoms with Gasteiger partial charge in [0, 0.05) is 18.0 Å². The third-order valence-electron chi connectivity index (χ3n) is 4.29. The number of rotatable bonds is 4. The van der Waals surface area contributed by atoms with Gasteiger partial charge in [-0.2, -0.15) is 0 Å². The molecular weight excluding hydrogens is 250 g/mol. The van der Waals surface area contributed by atoms with Crippen LogP contribution in [0.15, 0.2) is 30.4 Å². The topological polar surface area (TPSA) is 30.5 Å². The minimum Gasteiger partial charge on any atom is -0.497 e. The Hall–Kier alpha value is -1.48. The van der Waals surface area contributed by atoms with Crippen LogP contribution in [0.5, 0.6) is 11.5 Å². The van der Waals surface area contributed by atoms with Crippen LogP contribution in [0.4, 0.5) is 0 Å². The van der Waals surface area contributed by atoms with Crippen LogP contribution < -0.4 is 14.8 Å². The summed E-state index contributed by atoms with van der Waals surface area (Å²) in [5.41, 5.74) is 1.24. The number of allylic oxidation sites excluding steroid dienone is 2. The third kappa shape index (κ3) is 2.98. The van der Waals surface area contributed by atoms with E-state index in [1.54, 1.807) is 7.11 Å². The van der Waals surface area contributed by atoms with Gasteiger partial charge in [0.1, 0.15) is 11.5 Å². The number of methoxy groups -OCH3 is 1. The number of benzene rings is 1. The van der Waals surface area contributed by atoms with Crippen LogP contribution in [-0.2, 0) is 0 Å². The fourth-order valence-electron chi connectivity index (χ4n) is 3.06. The summed E-state index contributed by atoms with van der Waals surface area (Å²) in [6.45, 7) is 1.88. The number of hydrogen-bond acceptors (Lipinski definition) is 3. The minimum atomic E-state index is 0.389. The quantitative estimate of drug-likeness (QED) is 0.852. The molecule has 2 aliphatic rings. The minimum absolute atomic E-state index is 0.389. The van der Waals surface area contributed by atoms with Crippen LogP contribution >= 0.6 is 0 Å². The molecule has 1 aromatic rings. The van der Waals surface area contributed by atoms with Gasteiger partial charge in [-0.15, -0.1) is 0 Å². The summed E-state index contributed by atoms with van der Waals surface area (Å²) in [4.78, 5) is 0. The molecule has 1 N–H and O–H groups in total. The van der Waals surface area contributed by atoms with Gasteiger partial charge in [-0.1, -0.05) is 12.2 Å². The highest BCUT2D eigenvalue weighted by Gasteiger charge is 2.22. The van der Waals surface area contributed by atoms with Gasteiger partial charge in [0.05, 0.1) is 13.7 Å². The van der Waals surface area contributed by atoms with Crippen LogP contribution in [0.2, 0.25) is 0 Å². The molecule has 1 heterocycles. The Kier molecular flexibility index (Phi) is 4.26. The average Bonchev–Trinajstić information content (AvgIpc) is 2.53. The molecule has 1 aliphatic carbocycles. The molecule has 0 amide bonds. The van der Waals surface area contributed by atoms with Crippen molar-refractivity contribution in [1.29, 1.82) is 0 Å². The third-order valence-corrected chi connectivity index (χ3v) is 4.29. The lowest BCUT2D eigenvalue weighted by molar-refractivity contribution is 0.246. The van der Waals surface area contributed by atoms with Crippen LogP contribution in [0.3, 0.4) is 0 Å². The Morgan fingerprint density at radius 2 is 2.25 bits per heavy atom. The molecule has 2 atom stereocenters. The van der Waals surface area contributed by atoms with E-state index in [9.17, 15) is 0 Å². The molecule has 3 heteroatoms. The monoisotopic (exact) mass is 273 g/mol. The Morgan fingerprint density at radius 1 is 1.30 bits per heavy atom. The van der Waals surface area contributed by atoms with E-state index in [2.05, 4.69) is 23.5 Å². The average molecular weight is 273 g/mol. The largest absolute Gasteiger partial charge is 0.497 e. The fourth-order valence-corrected chi connectivity index (χ4v) is 3.06. The van der Waals surface area contributed by atoms with Crippen molar-refractivity contribution in [3.63, 3.8) is 0 Å². The van der Waals surface area contributed by atoms with E-state index in [4.69, 9.17) is 9.47 Å². The molecule has 1 aliphatic heterocycles. The van der Waals surface area contributed by atoms with Crippen molar-refractivity contribution in [2.75, 3.05) is 20.3 Å². The fraction of sp³-hybridized carbons (Fsp3) is 0.529. The standard InChI is InChI=1S/C17H23NO2/c1-19-14-7-8-17-15(11-14)16(9-10-20-17)18-12-13-5-3-2-4-6-13/h2-3,7-8,11,13,16,18H,4-6,9-10,12H2,1H3. The first kappa shape index (κ1) is 13.5. The number of fused-ring (bicyclic) bond motifs is 1. The van der Waals surface area contributed by atoms with Crippen molar-refractivity contribution in [3.8, 4) is 11.5 Å². The first-order chi connectivity index (χ1) is 9.86. The molecule has 108 valence electrons. The van der Waals surface area contributed by atoms with E-state index in [1.807, 2.05) is 12.1 Å². The van der Waals surface area contributed by atoms with Gasteiger partial charge in [0.25, 0.3) is 0 Å². The van der Waals surface area contributed by atoms with Gasteiger partial charge in [0.2, 0.25) is 0 Å². The summed E-state index contributed by atoms with van der Waals surface area (Å²) in [6, 6.07) is 6.48. The second-order valence-electron chi connectivity index (χ2n) is 5.65. The molecule has 2 unspecified atom stereocenters. The Bertz CT molecular complexity index is 484. The van der Waals surface area contributed by atoms with Crippen LogP contribution in [0.25, 0.3) is 0 Å². The highest BCUT2D eigenvalue weighted by Crippen LogP contribution is 2.35. The van der Waals surface area contributed by atoms with Crippen LogP contribution in [0, 0.1) is 5.92 Å². The smallest absolute Gasteiger partial charge is 0.124 e. The maximum absolute atomic E-state index is 5.74. The lowest BCUT2D eigenvalue weighted by atomic mass is 9.93. The lowest BCUT2D eigenvalue weighted by Crippen LogP contribution is -2.31. The molecule has 0 saturated carbocycles. The van der Waals surface area contributed by atoms with Gasteiger partial charge in [-0.3, -0.25) is 0 Å². The van der Waals surface area contributed by atoms with Gasteiger partial charge in [-0.05, 0) is 49.9 Å². The van der Waals surface area contributed by atoms with E-state index < -0.39 is 0 Å². The normalized spacial score (nSPS) is 24.9. The second kappa shape index (κ2) is 6.31. The predicted molar refractivity (Wildman–Crippen MR) is 80.3 cm³/mol. The maximum Gasteiger partial charge on any atom is 0.124 e. The predicted octanol–water partition coefficient (Wildman–Crippen LogP) is 3.46. The summed E-state index contributed by atoms with van der Waals surface area (Å²) >= 11 is 0. The Balaban J connectivity index is 1.67. The molecule has 0 spiro atoms. The van der Waals surface area contributed by atoms with Crippen molar-refractivity contribution in [2.24, 2.45) is 5.92 Å². The van der Waals surface area contributed by atoms with Crippen molar-refractivity contribution in [3.05, 3.63) is 35.9 Å². The van der Waals surface area contributed by atoms with Crippen LogP contribution in [-0.4, -0.2) is 20.3 Å². The summed E-state index contributed by atoms with van der Waals surface area (Å²) in [5, 5.41) is 3.73. The van der Waals surface area contributed by atoms with Crippen molar-refractivity contribution in [2.45, 2.75) is 31.7 Å². The first-order valence-corrected chi connectivity index (χ1v) is 7.56. The van der Waals surface area contributed by atoms with E-state index in [1.165, 1.54) is 24.8 Å². The van der Waals surface area contributed by atoms with Gasteiger partial charge < -0.3 is 14.8 Å². The van der Waals surface area contributed by atoms with Gasteiger partial charge >= 0.3 is 0 Å². The molecule has 3 rings (SSSR count). The molecule has 0 aromatic heterocycles. The van der Waals surface area contributed by atoms with E-state index in [0.717, 1.165) is 37.0 Å². The van der Waals surface area contributed by atoms with Gasteiger partial charge in [0.15, 0.2) is 0 Å². The summed E-state index contributed by atoms with van der Waals surface area (Å²) in [6.07, 6.45) is 9.38. The number of hydrogen-bond donors (Lipinski definition) is 1. The van der Waals surface area contributed by atoms with Crippen molar-refractivity contribution in [1.82, 2.24) is 5.32 Å². The summed E-state index contributed by atoms with van der Waals surface area (Å²) < 4.78 is 11.1. The second-order valence-corrected chi connectivity index (χ2v) is 5.65. The SMILES string of the molecule is COc1ccc2c(c1)C(NCC1CC=CCC1)CCO2. The highest BCUT2D eigenvalue weighted by molar-refractivity contribution is 5.43. The number of ether oxygens (including phenoxy) is 2. The molecule has 0 saturated heterocycles. The van der Waals surface area contributed by atoms with Crippen LogP contribution in [0.1, 0.15) is 37.3 Å². The van der Waals surface area contributed by atoms with E-state index in [0.29, 0.717) is 6.04 Å². The zero-order chi connectivity index (χ0) is 13.8. The first-order valence-electron chi connectivity index (χ1n) is 7.56. The van der Waals surface area contributed by atoms with E-state index in [-0.39, 0.29) is 0 Å². The number of nitrogens with one attached hydrogen (secondary N) is 1. The summed E-state index contributed by atoms with van der Waals surface area (Å²) in [7, 11) is 1.71. The molecular formula is C17H23NO2. The van der Waals surface area contributed by atoms with Gasteiger partial charge in [-0.25, -0.2) is 0 Å². The van der Waals surface area contributed by atoms with Crippen molar-refractivity contribution < 1.29 is 9.47 Å². The summed E-state index contributed by atoms with van der Waals surface area (Å²) in [5.74, 6) is 2.68.